The summed E-state index contributed by atoms with van der Waals surface area (Å²) in [6, 6.07) is 13.8. The Morgan fingerprint density at radius 3 is 2.83 bits per heavy atom. The van der Waals surface area contributed by atoms with E-state index >= 15 is 0 Å². The van der Waals surface area contributed by atoms with Crippen molar-refractivity contribution in [2.45, 2.75) is 12.8 Å². The van der Waals surface area contributed by atoms with Crippen molar-refractivity contribution in [2.24, 2.45) is 5.92 Å². The van der Waals surface area contributed by atoms with E-state index < -0.39 is 0 Å². The van der Waals surface area contributed by atoms with Gasteiger partial charge in [0.05, 0.1) is 10.9 Å². The monoisotopic (exact) mass is 388 g/mol. The predicted molar refractivity (Wildman–Crippen MR) is 109 cm³/mol. The van der Waals surface area contributed by atoms with Crippen LogP contribution in [-0.4, -0.2) is 30.5 Å². The van der Waals surface area contributed by atoms with Crippen LogP contribution < -0.4 is 15.6 Å². The van der Waals surface area contributed by atoms with Crippen molar-refractivity contribution < 1.29 is 9.21 Å². The van der Waals surface area contributed by atoms with Crippen molar-refractivity contribution in [2.75, 3.05) is 24.5 Å². The number of amides is 1. The van der Waals surface area contributed by atoms with E-state index in [0.717, 1.165) is 31.7 Å². The van der Waals surface area contributed by atoms with E-state index in [-0.39, 0.29) is 17.1 Å². The molecule has 0 radical (unpaired) electrons. The zero-order valence-electron chi connectivity index (χ0n) is 15.8. The third-order valence-corrected chi connectivity index (χ3v) is 5.23. The molecule has 1 aromatic carbocycles. The number of nitrogens with one attached hydrogen (secondary N) is 1. The summed E-state index contributed by atoms with van der Waals surface area (Å²) < 4.78 is 5.59. The number of aromatic nitrogens is 1. The first-order valence-corrected chi connectivity index (χ1v) is 9.57. The molecular weight excluding hydrogens is 368 g/mol. The second kappa shape index (κ2) is 8.15. The number of pyridine rings is 1. The number of carbonyl (C=O) groups is 1. The van der Waals surface area contributed by atoms with Crippen LogP contribution in [0.3, 0.4) is 0 Å². The molecular formula is C22H20N4O3. The zero-order valence-corrected chi connectivity index (χ0v) is 15.8. The summed E-state index contributed by atoms with van der Waals surface area (Å²) in [6.45, 7) is 2.06. The lowest BCUT2D eigenvalue weighted by molar-refractivity contribution is 0.0917. The molecule has 0 bridgehead atoms. The van der Waals surface area contributed by atoms with Crippen LogP contribution in [0.2, 0.25) is 0 Å². The molecule has 0 atom stereocenters. The summed E-state index contributed by atoms with van der Waals surface area (Å²) >= 11 is 0. The molecule has 4 rings (SSSR count). The SMILES string of the molecule is N#Cc1cccnc1N1CCC(CNC(=O)c2cc(=O)c3ccccc3o2)CC1. The van der Waals surface area contributed by atoms with Crippen LogP contribution in [0.15, 0.2) is 57.9 Å². The normalized spacial score (nSPS) is 14.5. The van der Waals surface area contributed by atoms with Gasteiger partial charge in [-0.3, -0.25) is 9.59 Å². The minimum absolute atomic E-state index is 0.0262. The van der Waals surface area contributed by atoms with Crippen molar-refractivity contribution in [3.8, 4) is 6.07 Å². The summed E-state index contributed by atoms with van der Waals surface area (Å²) in [4.78, 5) is 31.1. The number of piperidine rings is 1. The molecule has 7 nitrogen and oxygen atoms in total. The van der Waals surface area contributed by atoms with E-state index in [0.29, 0.717) is 29.0 Å². The van der Waals surface area contributed by atoms with Crippen molar-refractivity contribution >= 4 is 22.7 Å². The fourth-order valence-electron chi connectivity index (χ4n) is 3.63. The molecule has 29 heavy (non-hydrogen) atoms. The molecule has 0 saturated carbocycles. The molecule has 1 aliphatic heterocycles. The molecule has 7 heteroatoms. The smallest absolute Gasteiger partial charge is 0.287 e. The van der Waals surface area contributed by atoms with Crippen molar-refractivity contribution in [3.63, 3.8) is 0 Å². The molecule has 2 aromatic heterocycles. The quantitative estimate of drug-likeness (QED) is 0.738. The van der Waals surface area contributed by atoms with E-state index in [9.17, 15) is 14.9 Å². The Morgan fingerprint density at radius 1 is 1.24 bits per heavy atom. The zero-order chi connectivity index (χ0) is 20.2. The van der Waals surface area contributed by atoms with Gasteiger partial charge in [0.1, 0.15) is 17.5 Å². The number of hydrogen-bond donors (Lipinski definition) is 1. The number of nitriles is 1. The van der Waals surface area contributed by atoms with E-state index in [2.05, 4.69) is 21.3 Å². The van der Waals surface area contributed by atoms with Gasteiger partial charge < -0.3 is 14.6 Å². The van der Waals surface area contributed by atoms with Gasteiger partial charge in [0, 0.05) is 31.9 Å². The average molecular weight is 388 g/mol. The first-order chi connectivity index (χ1) is 14.2. The second-order valence-electron chi connectivity index (χ2n) is 7.10. The first-order valence-electron chi connectivity index (χ1n) is 9.57. The van der Waals surface area contributed by atoms with Gasteiger partial charge in [-0.2, -0.15) is 5.26 Å². The van der Waals surface area contributed by atoms with Crippen LogP contribution >= 0.6 is 0 Å². The van der Waals surface area contributed by atoms with Gasteiger partial charge in [-0.15, -0.1) is 0 Å². The van der Waals surface area contributed by atoms with Crippen molar-refractivity contribution in [1.29, 1.82) is 5.26 Å². The van der Waals surface area contributed by atoms with Crippen molar-refractivity contribution in [1.82, 2.24) is 10.3 Å². The number of nitrogens with zero attached hydrogens (tertiary/aromatic N) is 3. The second-order valence-corrected chi connectivity index (χ2v) is 7.10. The lowest BCUT2D eigenvalue weighted by Crippen LogP contribution is -2.39. The fourth-order valence-corrected chi connectivity index (χ4v) is 3.63. The Balaban J connectivity index is 1.35. The molecule has 1 N–H and O–H groups in total. The third-order valence-electron chi connectivity index (χ3n) is 5.23. The van der Waals surface area contributed by atoms with Crippen LogP contribution in [0.4, 0.5) is 5.82 Å². The Labute approximate surface area is 167 Å². The van der Waals surface area contributed by atoms with Crippen LogP contribution in [0.5, 0.6) is 0 Å². The molecule has 0 unspecified atom stereocenters. The van der Waals surface area contributed by atoms with Crippen LogP contribution in [0.1, 0.15) is 29.0 Å². The van der Waals surface area contributed by atoms with Gasteiger partial charge in [-0.05, 0) is 43.0 Å². The maximum atomic E-state index is 12.5. The van der Waals surface area contributed by atoms with E-state index in [1.54, 1.807) is 42.6 Å². The topological polar surface area (TPSA) is 99.2 Å². The molecule has 146 valence electrons. The Morgan fingerprint density at radius 2 is 2.03 bits per heavy atom. The number of hydrogen-bond acceptors (Lipinski definition) is 6. The summed E-state index contributed by atoms with van der Waals surface area (Å²) in [5.41, 5.74) is 0.752. The van der Waals surface area contributed by atoms with E-state index in [4.69, 9.17) is 4.42 Å². The standard InChI is InChI=1S/C22H20N4O3/c23-13-16-4-3-9-24-21(16)26-10-7-15(8-11-26)14-25-22(28)20-12-18(27)17-5-1-2-6-19(17)29-20/h1-6,9,12,15H,7-8,10-11,14H2,(H,25,28). The number of benzene rings is 1. The summed E-state index contributed by atoms with van der Waals surface area (Å²) in [5, 5.41) is 12.6. The minimum atomic E-state index is -0.383. The maximum absolute atomic E-state index is 12.5. The number of para-hydroxylation sites is 1. The van der Waals surface area contributed by atoms with E-state index in [1.807, 2.05) is 0 Å². The summed E-state index contributed by atoms with van der Waals surface area (Å²) in [6.07, 6.45) is 3.45. The minimum Gasteiger partial charge on any atom is -0.451 e. The lowest BCUT2D eigenvalue weighted by atomic mass is 9.96. The number of rotatable bonds is 4. The largest absolute Gasteiger partial charge is 0.451 e. The highest BCUT2D eigenvalue weighted by molar-refractivity contribution is 5.93. The molecule has 0 aliphatic carbocycles. The summed E-state index contributed by atoms with van der Waals surface area (Å²) in [5.74, 6) is 0.678. The molecule has 1 aliphatic rings. The van der Waals surface area contributed by atoms with Gasteiger partial charge >= 0.3 is 0 Å². The molecule has 3 aromatic rings. The Kier molecular flexibility index (Phi) is 5.25. The first kappa shape index (κ1) is 18.7. The van der Waals surface area contributed by atoms with Gasteiger partial charge in [-0.25, -0.2) is 4.98 Å². The molecule has 1 amide bonds. The molecule has 1 fully saturated rings. The van der Waals surface area contributed by atoms with Crippen LogP contribution in [-0.2, 0) is 0 Å². The molecule has 3 heterocycles. The highest BCUT2D eigenvalue weighted by atomic mass is 16.3. The van der Waals surface area contributed by atoms with Crippen LogP contribution in [0.25, 0.3) is 11.0 Å². The maximum Gasteiger partial charge on any atom is 0.287 e. The Bertz CT molecular complexity index is 1140. The summed E-state index contributed by atoms with van der Waals surface area (Å²) in [7, 11) is 0. The van der Waals surface area contributed by atoms with E-state index in [1.165, 1.54) is 6.07 Å². The molecule has 0 spiro atoms. The van der Waals surface area contributed by atoms with Gasteiger partial charge in [0.2, 0.25) is 0 Å². The number of carbonyl (C=O) groups excluding carboxylic acids is 1. The third kappa shape index (κ3) is 3.97. The molecule has 1 saturated heterocycles. The highest BCUT2D eigenvalue weighted by Gasteiger charge is 2.23. The number of fused-ring (bicyclic) bond motifs is 1. The van der Waals surface area contributed by atoms with Gasteiger partial charge in [0.25, 0.3) is 5.91 Å². The predicted octanol–water partition coefficient (Wildman–Crippen LogP) is 2.71. The van der Waals surface area contributed by atoms with Crippen LogP contribution in [0, 0.1) is 17.2 Å². The number of anilines is 1. The highest BCUT2D eigenvalue weighted by Crippen LogP contribution is 2.24. The average Bonchev–Trinajstić information content (AvgIpc) is 2.77. The fraction of sp³-hybridized carbons (Fsp3) is 0.273. The van der Waals surface area contributed by atoms with Gasteiger partial charge in [0.15, 0.2) is 11.2 Å². The van der Waals surface area contributed by atoms with Gasteiger partial charge in [-0.1, -0.05) is 12.1 Å². The lowest BCUT2D eigenvalue weighted by Gasteiger charge is -2.33. The van der Waals surface area contributed by atoms with Crippen molar-refractivity contribution in [3.05, 3.63) is 70.2 Å². The Hall–Kier alpha value is -3.66.